The summed E-state index contributed by atoms with van der Waals surface area (Å²) in [7, 11) is 0. The van der Waals surface area contributed by atoms with Crippen LogP contribution in [0.1, 0.15) is 9.75 Å². The molecule has 1 N–H and O–H groups in total. The van der Waals surface area contributed by atoms with E-state index in [2.05, 4.69) is 18.3 Å². The highest BCUT2D eigenvalue weighted by molar-refractivity contribution is 7.12. The Hall–Kier alpha value is -0.500. The van der Waals surface area contributed by atoms with E-state index in [1.807, 2.05) is 11.3 Å². The van der Waals surface area contributed by atoms with Gasteiger partial charge in [0.15, 0.2) is 0 Å². The third kappa shape index (κ3) is 0.741. The Morgan fingerprint density at radius 3 is 3.33 bits per heavy atom. The molecule has 0 fully saturated rings. The molecule has 1 aliphatic heterocycles. The topological polar surface area (TPSA) is 12.0 Å². The van der Waals surface area contributed by atoms with Crippen molar-refractivity contribution in [3.8, 4) is 0 Å². The fourth-order valence-electron chi connectivity index (χ4n) is 1.21. The van der Waals surface area contributed by atoms with Crippen molar-refractivity contribution in [3.63, 3.8) is 0 Å². The number of rotatable bonds is 0. The Kier molecular flexibility index (Phi) is 1.02. The van der Waals surface area contributed by atoms with Crippen LogP contribution < -0.4 is 5.32 Å². The summed E-state index contributed by atoms with van der Waals surface area (Å²) >= 11 is 1.91. The minimum atomic E-state index is 1.14. The third-order valence-electron chi connectivity index (χ3n) is 1.60. The molecule has 2 heteroatoms. The van der Waals surface area contributed by atoms with E-state index in [1.54, 1.807) is 0 Å². The first kappa shape index (κ1) is 5.30. The lowest BCUT2D eigenvalue weighted by atomic mass is 10.4. The van der Waals surface area contributed by atoms with Crippen molar-refractivity contribution >= 4 is 17.0 Å². The van der Waals surface area contributed by atoms with Gasteiger partial charge in [-0.3, -0.25) is 0 Å². The summed E-state index contributed by atoms with van der Waals surface area (Å²) in [5.41, 5.74) is 1.37. The molecule has 0 aromatic carbocycles. The summed E-state index contributed by atoms with van der Waals surface area (Å²) in [5.74, 6) is 0. The molecule has 0 bridgehead atoms. The first-order valence-electron chi connectivity index (χ1n) is 3.19. The summed E-state index contributed by atoms with van der Waals surface area (Å²) in [6.07, 6.45) is 1.23. The van der Waals surface area contributed by atoms with E-state index in [1.165, 1.54) is 21.9 Å². The van der Waals surface area contributed by atoms with Gasteiger partial charge in [0.1, 0.15) is 0 Å². The van der Waals surface area contributed by atoms with Crippen molar-refractivity contribution in [2.45, 2.75) is 13.3 Å². The summed E-state index contributed by atoms with van der Waals surface area (Å²) in [5, 5.41) is 3.33. The van der Waals surface area contributed by atoms with Crippen molar-refractivity contribution in [1.29, 1.82) is 0 Å². The molecule has 48 valence electrons. The highest BCUT2D eigenvalue weighted by atomic mass is 32.1. The van der Waals surface area contributed by atoms with Gasteiger partial charge in [-0.1, -0.05) is 0 Å². The van der Waals surface area contributed by atoms with Crippen LogP contribution in [-0.4, -0.2) is 6.54 Å². The molecule has 1 aliphatic rings. The van der Waals surface area contributed by atoms with Crippen LogP contribution in [-0.2, 0) is 6.42 Å². The SMILES string of the molecule is Cc1cc2c(s1)CCN2. The predicted octanol–water partition coefficient (Wildman–Crippen LogP) is 2.02. The summed E-state index contributed by atoms with van der Waals surface area (Å²) in [6.45, 7) is 3.30. The first-order valence-corrected chi connectivity index (χ1v) is 4.01. The van der Waals surface area contributed by atoms with Gasteiger partial charge in [-0.05, 0) is 13.0 Å². The van der Waals surface area contributed by atoms with Crippen LogP contribution in [0.2, 0.25) is 0 Å². The number of thiophene rings is 1. The second-order valence-corrected chi connectivity index (χ2v) is 3.71. The van der Waals surface area contributed by atoms with Crippen LogP contribution in [0.5, 0.6) is 0 Å². The maximum Gasteiger partial charge on any atom is 0.0485 e. The molecule has 0 atom stereocenters. The molecule has 0 unspecified atom stereocenters. The van der Waals surface area contributed by atoms with E-state index in [-0.39, 0.29) is 0 Å². The third-order valence-corrected chi connectivity index (χ3v) is 2.71. The van der Waals surface area contributed by atoms with Gasteiger partial charge in [0, 0.05) is 28.4 Å². The van der Waals surface area contributed by atoms with Crippen LogP contribution in [0.25, 0.3) is 0 Å². The second kappa shape index (κ2) is 1.74. The van der Waals surface area contributed by atoms with Crippen molar-refractivity contribution < 1.29 is 0 Å². The monoisotopic (exact) mass is 139 g/mol. The molecule has 1 nitrogen and oxygen atoms in total. The van der Waals surface area contributed by atoms with E-state index in [0.29, 0.717) is 0 Å². The average Bonchev–Trinajstić information content (AvgIpc) is 2.22. The Morgan fingerprint density at radius 1 is 1.67 bits per heavy atom. The lowest BCUT2D eigenvalue weighted by molar-refractivity contribution is 1.12. The number of hydrogen-bond donors (Lipinski definition) is 1. The van der Waals surface area contributed by atoms with Gasteiger partial charge in [0.2, 0.25) is 0 Å². The van der Waals surface area contributed by atoms with Crippen LogP contribution in [0.15, 0.2) is 6.07 Å². The molecule has 0 saturated heterocycles. The maximum absolute atomic E-state index is 3.33. The highest BCUT2D eigenvalue weighted by Gasteiger charge is 2.11. The number of hydrogen-bond acceptors (Lipinski definition) is 2. The van der Waals surface area contributed by atoms with E-state index < -0.39 is 0 Å². The van der Waals surface area contributed by atoms with E-state index in [9.17, 15) is 0 Å². The fraction of sp³-hybridized carbons (Fsp3) is 0.429. The Balaban J connectivity index is 2.51. The Labute approximate surface area is 58.7 Å². The number of fused-ring (bicyclic) bond motifs is 1. The predicted molar refractivity (Wildman–Crippen MR) is 41.2 cm³/mol. The van der Waals surface area contributed by atoms with Crippen LogP contribution in [0.4, 0.5) is 5.69 Å². The van der Waals surface area contributed by atoms with Gasteiger partial charge < -0.3 is 5.32 Å². The zero-order valence-electron chi connectivity index (χ0n) is 5.40. The largest absolute Gasteiger partial charge is 0.384 e. The van der Waals surface area contributed by atoms with Gasteiger partial charge in [0.05, 0.1) is 0 Å². The molecular formula is C7H9NS. The normalized spacial score (nSPS) is 15.2. The summed E-state index contributed by atoms with van der Waals surface area (Å²) < 4.78 is 0. The van der Waals surface area contributed by atoms with Gasteiger partial charge in [-0.15, -0.1) is 11.3 Å². The van der Waals surface area contributed by atoms with Gasteiger partial charge in [0.25, 0.3) is 0 Å². The Bertz CT molecular complexity index is 205. The van der Waals surface area contributed by atoms with Crippen LogP contribution in [0.3, 0.4) is 0 Å². The minimum Gasteiger partial charge on any atom is -0.384 e. The molecular weight excluding hydrogens is 130 g/mol. The maximum atomic E-state index is 3.33. The van der Waals surface area contributed by atoms with E-state index >= 15 is 0 Å². The lowest BCUT2D eigenvalue weighted by Gasteiger charge is -1.87. The van der Waals surface area contributed by atoms with Gasteiger partial charge in [-0.2, -0.15) is 0 Å². The zero-order valence-corrected chi connectivity index (χ0v) is 6.22. The van der Waals surface area contributed by atoms with Crippen molar-refractivity contribution in [1.82, 2.24) is 0 Å². The van der Waals surface area contributed by atoms with E-state index in [0.717, 1.165) is 6.54 Å². The lowest BCUT2D eigenvalue weighted by Crippen LogP contribution is -1.91. The molecule has 0 radical (unpaired) electrons. The zero-order chi connectivity index (χ0) is 6.27. The smallest absolute Gasteiger partial charge is 0.0485 e. The number of anilines is 1. The minimum absolute atomic E-state index is 1.14. The molecule has 9 heavy (non-hydrogen) atoms. The fourth-order valence-corrected chi connectivity index (χ4v) is 2.22. The van der Waals surface area contributed by atoms with Crippen molar-refractivity contribution in [3.05, 3.63) is 15.8 Å². The average molecular weight is 139 g/mol. The summed E-state index contributed by atoms with van der Waals surface area (Å²) in [4.78, 5) is 2.96. The Morgan fingerprint density at radius 2 is 2.56 bits per heavy atom. The molecule has 0 saturated carbocycles. The molecule has 2 rings (SSSR count). The molecule has 0 spiro atoms. The molecule has 0 amide bonds. The molecule has 1 aromatic rings. The molecule has 1 aromatic heterocycles. The summed E-state index contributed by atoms with van der Waals surface area (Å²) in [6, 6.07) is 2.23. The van der Waals surface area contributed by atoms with Crippen molar-refractivity contribution in [2.24, 2.45) is 0 Å². The number of nitrogens with one attached hydrogen (secondary N) is 1. The number of aryl methyl sites for hydroxylation is 1. The van der Waals surface area contributed by atoms with Crippen LogP contribution >= 0.6 is 11.3 Å². The van der Waals surface area contributed by atoms with Gasteiger partial charge in [-0.25, -0.2) is 0 Å². The second-order valence-electron chi connectivity index (χ2n) is 2.37. The van der Waals surface area contributed by atoms with Crippen LogP contribution in [0, 0.1) is 6.92 Å². The quantitative estimate of drug-likeness (QED) is 0.580. The molecule has 2 heterocycles. The van der Waals surface area contributed by atoms with Gasteiger partial charge >= 0.3 is 0 Å². The van der Waals surface area contributed by atoms with Crippen molar-refractivity contribution in [2.75, 3.05) is 11.9 Å². The molecule has 0 aliphatic carbocycles. The first-order chi connectivity index (χ1) is 4.36. The highest BCUT2D eigenvalue weighted by Crippen LogP contribution is 2.30. The van der Waals surface area contributed by atoms with E-state index in [4.69, 9.17) is 0 Å². The standard InChI is InChI=1S/C7H9NS/c1-5-4-6-7(9-5)2-3-8-6/h4,8H,2-3H2,1H3.